The number of hydrazine groups is 1. The van der Waals surface area contributed by atoms with Crippen molar-refractivity contribution in [3.63, 3.8) is 0 Å². The fraction of sp³-hybridized carbons (Fsp3) is 0.588. The van der Waals surface area contributed by atoms with Crippen molar-refractivity contribution in [3.05, 3.63) is 33.9 Å². The van der Waals surface area contributed by atoms with Crippen LogP contribution >= 0.6 is 0 Å². The lowest BCUT2D eigenvalue weighted by molar-refractivity contribution is -0.386. The summed E-state index contributed by atoms with van der Waals surface area (Å²) in [6, 6.07) is 4.29. The summed E-state index contributed by atoms with van der Waals surface area (Å²) in [5.41, 5.74) is 2.97. The fourth-order valence-corrected chi connectivity index (χ4v) is 2.78. The maximum atomic E-state index is 11.9. The predicted molar refractivity (Wildman–Crippen MR) is 92.0 cm³/mol. The topological polar surface area (TPSA) is 105 Å². The summed E-state index contributed by atoms with van der Waals surface area (Å²) in [4.78, 5) is 22.3. The van der Waals surface area contributed by atoms with E-state index in [1.54, 1.807) is 0 Å². The summed E-state index contributed by atoms with van der Waals surface area (Å²) < 4.78 is 5.54. The maximum Gasteiger partial charge on any atom is 0.275 e. The zero-order chi connectivity index (χ0) is 18.2. The van der Waals surface area contributed by atoms with E-state index >= 15 is 0 Å². The standard InChI is InChI=1S/C17H25N3O5/c1-13(21)15-12-14(7-8-16(15)20(23)24)25-11-5-6-17(22)18-19-9-3-2-4-10-19/h7-8,12-13,21H,2-6,9-11H2,1H3,(H,18,22). The highest BCUT2D eigenvalue weighted by Gasteiger charge is 2.18. The van der Waals surface area contributed by atoms with Gasteiger partial charge in [0.15, 0.2) is 0 Å². The molecule has 1 fully saturated rings. The summed E-state index contributed by atoms with van der Waals surface area (Å²) in [5, 5.41) is 22.6. The highest BCUT2D eigenvalue weighted by Crippen LogP contribution is 2.29. The molecule has 1 amide bonds. The Balaban J connectivity index is 1.76. The van der Waals surface area contributed by atoms with Crippen molar-refractivity contribution in [2.24, 2.45) is 0 Å². The summed E-state index contributed by atoms with van der Waals surface area (Å²) >= 11 is 0. The Morgan fingerprint density at radius 1 is 1.40 bits per heavy atom. The summed E-state index contributed by atoms with van der Waals surface area (Å²) in [5.74, 6) is 0.414. The molecule has 8 nitrogen and oxygen atoms in total. The number of carbonyl (C=O) groups is 1. The van der Waals surface area contributed by atoms with Gasteiger partial charge in [-0.2, -0.15) is 0 Å². The van der Waals surface area contributed by atoms with E-state index in [1.165, 1.54) is 31.5 Å². The Bertz CT molecular complexity index is 600. The van der Waals surface area contributed by atoms with Crippen molar-refractivity contribution >= 4 is 11.6 Å². The first-order chi connectivity index (χ1) is 12.0. The molecule has 0 bridgehead atoms. The molecule has 2 rings (SSSR count). The Kier molecular flexibility index (Phi) is 7.15. The van der Waals surface area contributed by atoms with Crippen LogP contribution in [0.15, 0.2) is 18.2 Å². The number of aliphatic hydroxyl groups excluding tert-OH is 1. The van der Waals surface area contributed by atoms with Gasteiger partial charge >= 0.3 is 0 Å². The van der Waals surface area contributed by atoms with Crippen molar-refractivity contribution < 1.29 is 19.6 Å². The number of nitro benzene ring substituents is 1. The van der Waals surface area contributed by atoms with Crippen LogP contribution < -0.4 is 10.2 Å². The van der Waals surface area contributed by atoms with Crippen LogP contribution in [-0.2, 0) is 4.79 Å². The SMILES string of the molecule is CC(O)c1cc(OCCCC(=O)NN2CCCCC2)ccc1[N+](=O)[O-]. The van der Waals surface area contributed by atoms with Gasteiger partial charge in [-0.1, -0.05) is 6.42 Å². The second kappa shape index (κ2) is 9.33. The van der Waals surface area contributed by atoms with Gasteiger partial charge in [0, 0.05) is 25.6 Å². The van der Waals surface area contributed by atoms with E-state index in [0.717, 1.165) is 25.9 Å². The van der Waals surface area contributed by atoms with E-state index in [-0.39, 0.29) is 17.2 Å². The number of nitrogens with zero attached hydrogens (tertiary/aromatic N) is 2. The Labute approximate surface area is 146 Å². The normalized spacial score (nSPS) is 16.2. The number of ether oxygens (including phenoxy) is 1. The number of hydrogen-bond acceptors (Lipinski definition) is 6. The van der Waals surface area contributed by atoms with Gasteiger partial charge < -0.3 is 9.84 Å². The minimum atomic E-state index is -0.959. The van der Waals surface area contributed by atoms with Gasteiger partial charge in [-0.3, -0.25) is 20.3 Å². The lowest BCUT2D eigenvalue weighted by Crippen LogP contribution is -2.45. The molecule has 1 aromatic rings. The number of benzene rings is 1. The lowest BCUT2D eigenvalue weighted by atomic mass is 10.1. The smallest absolute Gasteiger partial charge is 0.275 e. The van der Waals surface area contributed by atoms with Crippen LogP contribution in [0, 0.1) is 10.1 Å². The molecule has 0 radical (unpaired) electrons. The highest BCUT2D eigenvalue weighted by molar-refractivity contribution is 5.75. The number of piperidine rings is 1. The number of nitrogens with one attached hydrogen (secondary N) is 1. The van der Waals surface area contributed by atoms with Gasteiger partial charge in [-0.25, -0.2) is 5.01 Å². The summed E-state index contributed by atoms with van der Waals surface area (Å²) in [7, 11) is 0. The Hall–Kier alpha value is -2.19. The number of aliphatic hydroxyl groups is 1. The van der Waals surface area contributed by atoms with Crippen LogP contribution in [0.5, 0.6) is 5.75 Å². The van der Waals surface area contributed by atoms with E-state index in [1.807, 2.05) is 5.01 Å². The van der Waals surface area contributed by atoms with Crippen LogP contribution in [-0.4, -0.2) is 40.6 Å². The molecular weight excluding hydrogens is 326 g/mol. The lowest BCUT2D eigenvalue weighted by Gasteiger charge is -2.26. The van der Waals surface area contributed by atoms with Crippen molar-refractivity contribution in [1.82, 2.24) is 10.4 Å². The monoisotopic (exact) mass is 351 g/mol. The van der Waals surface area contributed by atoms with Crippen LogP contribution in [0.2, 0.25) is 0 Å². The molecule has 1 aliphatic heterocycles. The Morgan fingerprint density at radius 3 is 2.76 bits per heavy atom. The quantitative estimate of drug-likeness (QED) is 0.423. The third kappa shape index (κ3) is 5.99. The van der Waals surface area contributed by atoms with Gasteiger partial charge in [0.05, 0.1) is 23.2 Å². The molecule has 0 aromatic heterocycles. The van der Waals surface area contributed by atoms with E-state index in [0.29, 0.717) is 25.2 Å². The van der Waals surface area contributed by atoms with Gasteiger partial charge in [0.25, 0.3) is 5.69 Å². The fourth-order valence-electron chi connectivity index (χ4n) is 2.78. The molecule has 1 aliphatic rings. The first kappa shape index (κ1) is 19.1. The largest absolute Gasteiger partial charge is 0.494 e. The molecule has 8 heteroatoms. The number of rotatable bonds is 8. The maximum absolute atomic E-state index is 11.9. The molecule has 1 heterocycles. The van der Waals surface area contributed by atoms with E-state index in [2.05, 4.69) is 5.43 Å². The molecule has 0 saturated carbocycles. The molecule has 138 valence electrons. The molecule has 25 heavy (non-hydrogen) atoms. The number of amides is 1. The highest BCUT2D eigenvalue weighted by atomic mass is 16.6. The first-order valence-corrected chi connectivity index (χ1v) is 8.61. The zero-order valence-corrected chi connectivity index (χ0v) is 14.4. The average Bonchev–Trinajstić information content (AvgIpc) is 2.59. The minimum Gasteiger partial charge on any atom is -0.494 e. The van der Waals surface area contributed by atoms with Crippen molar-refractivity contribution in [3.8, 4) is 5.75 Å². The van der Waals surface area contributed by atoms with Crippen molar-refractivity contribution in [2.45, 2.75) is 45.1 Å². The molecule has 1 saturated heterocycles. The van der Waals surface area contributed by atoms with Crippen LogP contribution in [0.3, 0.4) is 0 Å². The van der Waals surface area contributed by atoms with Crippen molar-refractivity contribution in [1.29, 1.82) is 0 Å². The summed E-state index contributed by atoms with van der Waals surface area (Å²) in [6.45, 7) is 3.59. The number of nitro groups is 1. The minimum absolute atomic E-state index is 0.0288. The second-order valence-electron chi connectivity index (χ2n) is 6.19. The third-order valence-electron chi connectivity index (χ3n) is 4.10. The van der Waals surface area contributed by atoms with Crippen LogP contribution in [0.25, 0.3) is 0 Å². The van der Waals surface area contributed by atoms with E-state index < -0.39 is 11.0 Å². The average molecular weight is 351 g/mol. The summed E-state index contributed by atoms with van der Waals surface area (Å²) in [6.07, 6.45) is 3.36. The Morgan fingerprint density at radius 2 is 2.12 bits per heavy atom. The number of carbonyl (C=O) groups excluding carboxylic acids is 1. The van der Waals surface area contributed by atoms with Gasteiger partial charge in [-0.15, -0.1) is 0 Å². The predicted octanol–water partition coefficient (Wildman–Crippen LogP) is 2.32. The van der Waals surface area contributed by atoms with E-state index in [9.17, 15) is 20.0 Å². The van der Waals surface area contributed by atoms with Crippen LogP contribution in [0.4, 0.5) is 5.69 Å². The first-order valence-electron chi connectivity index (χ1n) is 8.61. The van der Waals surface area contributed by atoms with E-state index in [4.69, 9.17) is 4.74 Å². The molecule has 0 aliphatic carbocycles. The van der Waals surface area contributed by atoms with Crippen LogP contribution in [0.1, 0.15) is 50.7 Å². The third-order valence-corrected chi connectivity index (χ3v) is 4.10. The molecule has 1 unspecified atom stereocenters. The number of hydrogen-bond donors (Lipinski definition) is 2. The van der Waals surface area contributed by atoms with Gasteiger partial charge in [0.2, 0.25) is 5.91 Å². The van der Waals surface area contributed by atoms with Crippen molar-refractivity contribution in [2.75, 3.05) is 19.7 Å². The molecular formula is C17H25N3O5. The molecule has 2 N–H and O–H groups in total. The molecule has 1 atom stereocenters. The molecule has 1 aromatic carbocycles. The van der Waals surface area contributed by atoms with Gasteiger partial charge in [0.1, 0.15) is 5.75 Å². The van der Waals surface area contributed by atoms with Gasteiger partial charge in [-0.05, 0) is 38.3 Å². The molecule has 0 spiro atoms. The second-order valence-corrected chi connectivity index (χ2v) is 6.19. The zero-order valence-electron chi connectivity index (χ0n) is 14.4.